The molecule has 1 saturated heterocycles. The number of benzene rings is 1. The molecular weight excluding hydrogens is 298 g/mol. The van der Waals surface area contributed by atoms with Crippen molar-refractivity contribution in [1.82, 2.24) is 9.88 Å². The number of carbonyl (C=O) groups excluding carboxylic acids is 1. The van der Waals surface area contributed by atoms with E-state index < -0.39 is 0 Å². The zero-order valence-corrected chi connectivity index (χ0v) is 13.8. The van der Waals surface area contributed by atoms with Crippen molar-refractivity contribution in [3.8, 4) is 0 Å². The van der Waals surface area contributed by atoms with Crippen LogP contribution in [0.3, 0.4) is 0 Å². The molecule has 1 aliphatic heterocycles. The molecular formula is C20H23N3O. The fourth-order valence-electron chi connectivity index (χ4n) is 2.94. The summed E-state index contributed by atoms with van der Waals surface area (Å²) in [4.78, 5) is 18.8. The molecule has 1 N–H and O–H groups in total. The van der Waals surface area contributed by atoms with Crippen LogP contribution in [0.25, 0.3) is 6.08 Å². The highest BCUT2D eigenvalue weighted by Gasteiger charge is 2.24. The zero-order chi connectivity index (χ0) is 16.6. The highest BCUT2D eigenvalue weighted by Crippen LogP contribution is 2.19. The fourth-order valence-corrected chi connectivity index (χ4v) is 2.94. The summed E-state index contributed by atoms with van der Waals surface area (Å²) in [5.74, 6) is 0.810. The number of hydrogen-bond acceptors (Lipinski definition) is 3. The first-order valence-corrected chi connectivity index (χ1v) is 8.47. The number of anilines is 1. The number of pyridine rings is 1. The Morgan fingerprint density at radius 1 is 1.12 bits per heavy atom. The smallest absolute Gasteiger partial charge is 0.228 e. The number of piperidine rings is 1. The second-order valence-electron chi connectivity index (χ2n) is 6.09. The van der Waals surface area contributed by atoms with Crippen LogP contribution in [-0.4, -0.2) is 35.4 Å². The standard InChI is InChI=1S/C20H23N3O/c24-20(22-19-10-4-5-13-21-19)18-11-15-23(16-12-18)14-6-9-17-7-2-1-3-8-17/h1-10,13,18H,11-12,14-16H2,(H,21,22,24). The summed E-state index contributed by atoms with van der Waals surface area (Å²) in [6.07, 6.45) is 7.84. The van der Waals surface area contributed by atoms with Crippen LogP contribution in [0.4, 0.5) is 5.82 Å². The molecule has 1 aromatic carbocycles. The van der Waals surface area contributed by atoms with Crippen molar-refractivity contribution in [3.05, 3.63) is 66.4 Å². The summed E-state index contributed by atoms with van der Waals surface area (Å²) in [7, 11) is 0. The summed E-state index contributed by atoms with van der Waals surface area (Å²) in [6, 6.07) is 15.9. The fraction of sp³-hybridized carbons (Fsp3) is 0.300. The van der Waals surface area contributed by atoms with Crippen molar-refractivity contribution in [2.24, 2.45) is 5.92 Å². The Morgan fingerprint density at radius 2 is 1.88 bits per heavy atom. The number of aromatic nitrogens is 1. The van der Waals surface area contributed by atoms with Crippen molar-refractivity contribution in [1.29, 1.82) is 0 Å². The van der Waals surface area contributed by atoms with Crippen LogP contribution < -0.4 is 5.32 Å². The Morgan fingerprint density at radius 3 is 2.58 bits per heavy atom. The molecule has 1 aromatic heterocycles. The molecule has 0 bridgehead atoms. The minimum absolute atomic E-state index is 0.0846. The van der Waals surface area contributed by atoms with Gasteiger partial charge >= 0.3 is 0 Å². The first kappa shape index (κ1) is 16.4. The van der Waals surface area contributed by atoms with Gasteiger partial charge in [-0.1, -0.05) is 48.6 Å². The molecule has 24 heavy (non-hydrogen) atoms. The Labute approximate surface area is 143 Å². The maximum atomic E-state index is 12.3. The van der Waals surface area contributed by atoms with E-state index in [0.717, 1.165) is 32.5 Å². The molecule has 0 aliphatic carbocycles. The van der Waals surface area contributed by atoms with E-state index in [4.69, 9.17) is 0 Å². The predicted molar refractivity (Wildman–Crippen MR) is 97.5 cm³/mol. The van der Waals surface area contributed by atoms with Gasteiger partial charge in [-0.15, -0.1) is 0 Å². The first-order valence-electron chi connectivity index (χ1n) is 8.47. The molecule has 1 amide bonds. The first-order chi connectivity index (χ1) is 11.8. The molecule has 1 fully saturated rings. The molecule has 124 valence electrons. The van der Waals surface area contributed by atoms with Crippen LogP contribution in [0, 0.1) is 5.92 Å². The lowest BCUT2D eigenvalue weighted by Crippen LogP contribution is -2.38. The van der Waals surface area contributed by atoms with Crippen LogP contribution in [0.5, 0.6) is 0 Å². The van der Waals surface area contributed by atoms with Gasteiger partial charge in [0.1, 0.15) is 5.82 Å². The lowest BCUT2D eigenvalue weighted by Gasteiger charge is -2.30. The summed E-state index contributed by atoms with van der Waals surface area (Å²) in [5.41, 5.74) is 1.22. The predicted octanol–water partition coefficient (Wildman–Crippen LogP) is 3.45. The van der Waals surface area contributed by atoms with Gasteiger partial charge < -0.3 is 5.32 Å². The van der Waals surface area contributed by atoms with Crippen molar-refractivity contribution in [2.75, 3.05) is 25.0 Å². The normalized spacial score (nSPS) is 16.3. The molecule has 1 aliphatic rings. The third-order valence-electron chi connectivity index (χ3n) is 4.35. The summed E-state index contributed by atoms with van der Waals surface area (Å²) >= 11 is 0. The molecule has 2 heterocycles. The monoisotopic (exact) mass is 321 g/mol. The molecule has 0 saturated carbocycles. The molecule has 3 rings (SSSR count). The van der Waals surface area contributed by atoms with E-state index in [-0.39, 0.29) is 11.8 Å². The van der Waals surface area contributed by atoms with E-state index in [0.29, 0.717) is 5.82 Å². The van der Waals surface area contributed by atoms with E-state index in [1.807, 2.05) is 36.4 Å². The van der Waals surface area contributed by atoms with Crippen molar-refractivity contribution < 1.29 is 4.79 Å². The van der Waals surface area contributed by atoms with Gasteiger partial charge in [-0.25, -0.2) is 4.98 Å². The quantitative estimate of drug-likeness (QED) is 0.917. The van der Waals surface area contributed by atoms with E-state index in [1.165, 1.54) is 5.56 Å². The van der Waals surface area contributed by atoms with Crippen LogP contribution in [0.1, 0.15) is 18.4 Å². The average Bonchev–Trinajstić information content (AvgIpc) is 2.64. The molecule has 4 heteroatoms. The Kier molecular flexibility index (Phi) is 5.75. The summed E-state index contributed by atoms with van der Waals surface area (Å²) in [5, 5.41) is 2.91. The summed E-state index contributed by atoms with van der Waals surface area (Å²) in [6.45, 7) is 2.85. The maximum absolute atomic E-state index is 12.3. The van der Waals surface area contributed by atoms with Crippen LogP contribution in [0.2, 0.25) is 0 Å². The average molecular weight is 321 g/mol. The lowest BCUT2D eigenvalue weighted by molar-refractivity contribution is -0.121. The van der Waals surface area contributed by atoms with Gasteiger partial charge in [0.05, 0.1) is 0 Å². The second kappa shape index (κ2) is 8.41. The van der Waals surface area contributed by atoms with Gasteiger partial charge in [0.25, 0.3) is 0 Å². The molecule has 0 unspecified atom stereocenters. The number of hydrogen-bond donors (Lipinski definition) is 1. The van der Waals surface area contributed by atoms with Gasteiger partial charge in [0.2, 0.25) is 5.91 Å². The van der Waals surface area contributed by atoms with Crippen molar-refractivity contribution in [2.45, 2.75) is 12.8 Å². The highest BCUT2D eigenvalue weighted by molar-refractivity contribution is 5.91. The van der Waals surface area contributed by atoms with Gasteiger partial charge in [0.15, 0.2) is 0 Å². The zero-order valence-electron chi connectivity index (χ0n) is 13.8. The number of carbonyl (C=O) groups is 1. The van der Waals surface area contributed by atoms with Gasteiger partial charge in [-0.2, -0.15) is 0 Å². The number of rotatable bonds is 5. The Hall–Kier alpha value is -2.46. The van der Waals surface area contributed by atoms with Crippen LogP contribution in [-0.2, 0) is 4.79 Å². The van der Waals surface area contributed by atoms with Crippen LogP contribution >= 0.6 is 0 Å². The Bertz CT molecular complexity index is 662. The topological polar surface area (TPSA) is 45.2 Å². The lowest BCUT2D eigenvalue weighted by atomic mass is 9.96. The van der Waals surface area contributed by atoms with E-state index >= 15 is 0 Å². The molecule has 0 atom stereocenters. The molecule has 0 radical (unpaired) electrons. The minimum Gasteiger partial charge on any atom is -0.310 e. The second-order valence-corrected chi connectivity index (χ2v) is 6.09. The maximum Gasteiger partial charge on any atom is 0.228 e. The highest BCUT2D eigenvalue weighted by atomic mass is 16.1. The minimum atomic E-state index is 0.0846. The summed E-state index contributed by atoms with van der Waals surface area (Å²) < 4.78 is 0. The molecule has 4 nitrogen and oxygen atoms in total. The molecule has 2 aromatic rings. The Balaban J connectivity index is 1.42. The largest absolute Gasteiger partial charge is 0.310 e. The van der Waals surface area contributed by atoms with E-state index in [1.54, 1.807) is 6.20 Å². The third kappa shape index (κ3) is 4.77. The number of nitrogens with one attached hydrogen (secondary N) is 1. The number of likely N-dealkylation sites (tertiary alicyclic amines) is 1. The van der Waals surface area contributed by atoms with Crippen molar-refractivity contribution >= 4 is 17.8 Å². The van der Waals surface area contributed by atoms with Gasteiger partial charge in [-0.05, 0) is 43.6 Å². The van der Waals surface area contributed by atoms with Gasteiger partial charge in [0, 0.05) is 18.7 Å². The number of nitrogens with zero attached hydrogens (tertiary/aromatic N) is 2. The van der Waals surface area contributed by atoms with E-state index in [2.05, 4.69) is 39.5 Å². The third-order valence-corrected chi connectivity index (χ3v) is 4.35. The van der Waals surface area contributed by atoms with Crippen LogP contribution in [0.15, 0.2) is 60.8 Å². The van der Waals surface area contributed by atoms with Crippen molar-refractivity contribution in [3.63, 3.8) is 0 Å². The molecule has 0 spiro atoms. The number of amides is 1. The van der Waals surface area contributed by atoms with Gasteiger partial charge in [-0.3, -0.25) is 9.69 Å². The SMILES string of the molecule is O=C(Nc1ccccn1)C1CCN(CC=Cc2ccccc2)CC1. The van der Waals surface area contributed by atoms with E-state index in [9.17, 15) is 4.79 Å².